The highest BCUT2D eigenvalue weighted by molar-refractivity contribution is 5.75. The number of nitrogens with one attached hydrogen (secondary N) is 2. The van der Waals surface area contributed by atoms with E-state index in [-0.39, 0.29) is 11.6 Å². The van der Waals surface area contributed by atoms with E-state index in [1.807, 2.05) is 13.8 Å². The van der Waals surface area contributed by atoms with E-state index in [0.29, 0.717) is 17.8 Å². The second kappa shape index (κ2) is 4.79. The van der Waals surface area contributed by atoms with Crippen LogP contribution in [0.4, 0.5) is 8.78 Å². The highest BCUT2D eigenvalue weighted by Crippen LogP contribution is 2.18. The first-order valence-electron chi connectivity index (χ1n) is 5.67. The van der Waals surface area contributed by atoms with Crippen LogP contribution in [0.2, 0.25) is 0 Å². The van der Waals surface area contributed by atoms with Gasteiger partial charge in [0.15, 0.2) is 11.6 Å². The number of halogens is 2. The second-order valence-corrected chi connectivity index (χ2v) is 4.10. The minimum Gasteiger partial charge on any atom is -0.342 e. The first-order chi connectivity index (χ1) is 8.11. The van der Waals surface area contributed by atoms with Gasteiger partial charge in [-0.15, -0.1) is 0 Å². The van der Waals surface area contributed by atoms with Gasteiger partial charge in [0, 0.05) is 12.5 Å². The van der Waals surface area contributed by atoms with E-state index in [4.69, 9.17) is 0 Å². The van der Waals surface area contributed by atoms with Crippen LogP contribution < -0.4 is 5.32 Å². The molecule has 3 nitrogen and oxygen atoms in total. The Morgan fingerprint density at radius 2 is 2.18 bits per heavy atom. The molecular formula is C12H15F2N3. The van der Waals surface area contributed by atoms with E-state index in [1.165, 1.54) is 6.07 Å². The Kier molecular flexibility index (Phi) is 3.38. The molecule has 2 aromatic rings. The molecular weight excluding hydrogens is 224 g/mol. The summed E-state index contributed by atoms with van der Waals surface area (Å²) in [4.78, 5) is 7.08. The standard InChI is InChI=1S/C12H15F2N3/c1-3-15-7(2)6-10-16-9-5-4-8(13)11(14)12(9)17-10/h4-5,7,15H,3,6H2,1-2H3,(H,16,17). The summed E-state index contributed by atoms with van der Waals surface area (Å²) in [6.45, 7) is 4.90. The molecule has 0 radical (unpaired) electrons. The lowest BCUT2D eigenvalue weighted by molar-refractivity contribution is 0.515. The second-order valence-electron chi connectivity index (χ2n) is 4.10. The monoisotopic (exact) mass is 239 g/mol. The first-order valence-corrected chi connectivity index (χ1v) is 5.67. The summed E-state index contributed by atoms with van der Waals surface area (Å²) in [6, 6.07) is 2.85. The van der Waals surface area contributed by atoms with Crippen molar-refractivity contribution in [1.29, 1.82) is 0 Å². The Labute approximate surface area is 98.2 Å². The van der Waals surface area contributed by atoms with E-state index >= 15 is 0 Å². The van der Waals surface area contributed by atoms with Gasteiger partial charge in [-0.05, 0) is 25.6 Å². The Bertz CT molecular complexity index is 522. The van der Waals surface area contributed by atoms with Crippen LogP contribution in [-0.4, -0.2) is 22.6 Å². The number of hydrogen-bond donors (Lipinski definition) is 2. The first kappa shape index (κ1) is 12.0. The molecule has 92 valence electrons. The van der Waals surface area contributed by atoms with Crippen LogP contribution in [0.25, 0.3) is 11.0 Å². The van der Waals surface area contributed by atoms with Gasteiger partial charge in [0.05, 0.1) is 5.52 Å². The summed E-state index contributed by atoms with van der Waals surface area (Å²) in [5.41, 5.74) is 0.603. The largest absolute Gasteiger partial charge is 0.342 e. The summed E-state index contributed by atoms with van der Waals surface area (Å²) in [5.74, 6) is -1.09. The maximum absolute atomic E-state index is 13.4. The number of aromatic amines is 1. The van der Waals surface area contributed by atoms with Crippen LogP contribution >= 0.6 is 0 Å². The van der Waals surface area contributed by atoms with Crippen LogP contribution in [-0.2, 0) is 6.42 Å². The van der Waals surface area contributed by atoms with Crippen molar-refractivity contribution in [2.45, 2.75) is 26.3 Å². The lowest BCUT2D eigenvalue weighted by Gasteiger charge is -2.09. The van der Waals surface area contributed by atoms with Crippen molar-refractivity contribution in [3.05, 3.63) is 29.6 Å². The molecule has 0 bridgehead atoms. The fraction of sp³-hybridized carbons (Fsp3) is 0.417. The fourth-order valence-electron chi connectivity index (χ4n) is 1.88. The molecule has 1 aromatic carbocycles. The topological polar surface area (TPSA) is 40.7 Å². The Morgan fingerprint density at radius 3 is 2.88 bits per heavy atom. The van der Waals surface area contributed by atoms with Crippen molar-refractivity contribution in [3.8, 4) is 0 Å². The number of aromatic nitrogens is 2. The predicted molar refractivity (Wildman–Crippen MR) is 62.9 cm³/mol. The van der Waals surface area contributed by atoms with Gasteiger partial charge < -0.3 is 10.3 Å². The fourth-order valence-corrected chi connectivity index (χ4v) is 1.88. The van der Waals surface area contributed by atoms with Gasteiger partial charge in [0.25, 0.3) is 0 Å². The molecule has 0 aliphatic heterocycles. The zero-order valence-corrected chi connectivity index (χ0v) is 9.85. The van der Waals surface area contributed by atoms with Gasteiger partial charge in [0.2, 0.25) is 0 Å². The maximum Gasteiger partial charge on any atom is 0.186 e. The highest BCUT2D eigenvalue weighted by atomic mass is 19.2. The average molecular weight is 239 g/mol. The van der Waals surface area contributed by atoms with Crippen LogP contribution in [0.15, 0.2) is 12.1 Å². The van der Waals surface area contributed by atoms with E-state index < -0.39 is 11.6 Å². The molecule has 1 aromatic heterocycles. The van der Waals surface area contributed by atoms with Crippen molar-refractivity contribution in [1.82, 2.24) is 15.3 Å². The SMILES string of the molecule is CCNC(C)Cc1nc2c(F)c(F)ccc2[nH]1. The number of nitrogens with zero attached hydrogens (tertiary/aromatic N) is 1. The summed E-state index contributed by atoms with van der Waals surface area (Å²) in [6.07, 6.45) is 0.656. The van der Waals surface area contributed by atoms with Crippen LogP contribution in [0.5, 0.6) is 0 Å². The smallest absolute Gasteiger partial charge is 0.186 e. The molecule has 1 unspecified atom stereocenters. The molecule has 1 heterocycles. The average Bonchev–Trinajstić information content (AvgIpc) is 2.67. The van der Waals surface area contributed by atoms with Gasteiger partial charge in [-0.2, -0.15) is 0 Å². The third-order valence-electron chi connectivity index (χ3n) is 2.65. The van der Waals surface area contributed by atoms with Crippen molar-refractivity contribution in [2.24, 2.45) is 0 Å². The van der Waals surface area contributed by atoms with Crippen molar-refractivity contribution < 1.29 is 8.78 Å². The molecule has 0 saturated heterocycles. The zero-order valence-electron chi connectivity index (χ0n) is 9.85. The number of H-pyrrole nitrogens is 1. The molecule has 1 atom stereocenters. The third kappa shape index (κ3) is 2.44. The predicted octanol–water partition coefficient (Wildman–Crippen LogP) is 2.38. The third-order valence-corrected chi connectivity index (χ3v) is 2.65. The quantitative estimate of drug-likeness (QED) is 0.860. The molecule has 0 amide bonds. The molecule has 0 aliphatic carbocycles. The summed E-state index contributed by atoms with van der Waals surface area (Å²) < 4.78 is 26.4. The molecule has 2 rings (SSSR count). The molecule has 17 heavy (non-hydrogen) atoms. The Morgan fingerprint density at radius 1 is 1.41 bits per heavy atom. The number of likely N-dealkylation sites (N-methyl/N-ethyl adjacent to an activating group) is 1. The number of rotatable bonds is 4. The summed E-state index contributed by atoms with van der Waals surface area (Å²) in [7, 11) is 0. The molecule has 0 saturated carbocycles. The van der Waals surface area contributed by atoms with Crippen LogP contribution in [0.3, 0.4) is 0 Å². The molecule has 0 aliphatic rings. The Balaban J connectivity index is 2.29. The lowest BCUT2D eigenvalue weighted by Crippen LogP contribution is -2.27. The van der Waals surface area contributed by atoms with Crippen LogP contribution in [0.1, 0.15) is 19.7 Å². The lowest BCUT2D eigenvalue weighted by atomic mass is 10.2. The van der Waals surface area contributed by atoms with E-state index in [2.05, 4.69) is 15.3 Å². The highest BCUT2D eigenvalue weighted by Gasteiger charge is 2.13. The minimum atomic E-state index is -0.888. The zero-order chi connectivity index (χ0) is 12.4. The van der Waals surface area contributed by atoms with E-state index in [1.54, 1.807) is 0 Å². The normalized spacial score (nSPS) is 13.2. The summed E-state index contributed by atoms with van der Waals surface area (Å²) >= 11 is 0. The van der Waals surface area contributed by atoms with Gasteiger partial charge in [-0.3, -0.25) is 0 Å². The van der Waals surface area contributed by atoms with E-state index in [9.17, 15) is 8.78 Å². The number of benzene rings is 1. The number of hydrogen-bond acceptors (Lipinski definition) is 2. The van der Waals surface area contributed by atoms with Gasteiger partial charge in [-0.1, -0.05) is 6.92 Å². The summed E-state index contributed by atoms with van der Waals surface area (Å²) in [5, 5.41) is 3.24. The van der Waals surface area contributed by atoms with Crippen LogP contribution in [0, 0.1) is 11.6 Å². The Hall–Kier alpha value is -1.49. The van der Waals surface area contributed by atoms with Crippen molar-refractivity contribution >= 4 is 11.0 Å². The van der Waals surface area contributed by atoms with E-state index in [0.717, 1.165) is 12.6 Å². The molecule has 0 fully saturated rings. The van der Waals surface area contributed by atoms with Crippen molar-refractivity contribution in [2.75, 3.05) is 6.54 Å². The van der Waals surface area contributed by atoms with Gasteiger partial charge >= 0.3 is 0 Å². The molecule has 2 N–H and O–H groups in total. The van der Waals surface area contributed by atoms with Crippen molar-refractivity contribution in [3.63, 3.8) is 0 Å². The maximum atomic E-state index is 13.4. The number of fused-ring (bicyclic) bond motifs is 1. The van der Waals surface area contributed by atoms with Gasteiger partial charge in [0.1, 0.15) is 11.3 Å². The molecule has 0 spiro atoms. The minimum absolute atomic E-state index is 0.0729. The molecule has 5 heteroatoms. The number of imidazole rings is 1. The van der Waals surface area contributed by atoms with Gasteiger partial charge in [-0.25, -0.2) is 13.8 Å².